The van der Waals surface area contributed by atoms with Crippen LogP contribution in [0.15, 0.2) is 30.5 Å². The topological polar surface area (TPSA) is 78.4 Å². The molecule has 0 unspecified atom stereocenters. The Morgan fingerprint density at radius 1 is 1.11 bits per heavy atom. The van der Waals surface area contributed by atoms with Crippen LogP contribution in [0.5, 0.6) is 0 Å². The van der Waals surface area contributed by atoms with E-state index in [0.717, 1.165) is 37.1 Å². The molecule has 7 nitrogen and oxygen atoms in total. The molecule has 0 aliphatic carbocycles. The van der Waals surface area contributed by atoms with E-state index < -0.39 is 10.0 Å². The Morgan fingerprint density at radius 2 is 1.78 bits per heavy atom. The van der Waals surface area contributed by atoms with Crippen molar-refractivity contribution in [2.75, 3.05) is 41.7 Å². The van der Waals surface area contributed by atoms with Gasteiger partial charge in [0.1, 0.15) is 5.69 Å². The summed E-state index contributed by atoms with van der Waals surface area (Å²) >= 11 is 0. The summed E-state index contributed by atoms with van der Waals surface area (Å²) in [7, 11) is 0.130. The molecule has 2 aromatic rings. The van der Waals surface area contributed by atoms with E-state index in [4.69, 9.17) is 0 Å². The van der Waals surface area contributed by atoms with Crippen molar-refractivity contribution < 1.29 is 8.42 Å². The minimum absolute atomic E-state index is 0.0893. The van der Waals surface area contributed by atoms with E-state index in [0.29, 0.717) is 17.5 Å². The first-order valence-electron chi connectivity index (χ1n) is 9.19. The van der Waals surface area contributed by atoms with Crippen LogP contribution in [0.2, 0.25) is 0 Å². The number of aryl methyl sites for hydroxylation is 1. The first-order valence-corrected chi connectivity index (χ1v) is 10.8. The Hall–Kier alpha value is -2.35. The molecule has 146 valence electrons. The van der Waals surface area contributed by atoms with Gasteiger partial charge in [0.2, 0.25) is 16.0 Å². The van der Waals surface area contributed by atoms with Crippen LogP contribution in [-0.2, 0) is 15.8 Å². The summed E-state index contributed by atoms with van der Waals surface area (Å²) in [6, 6.07) is 7.48. The van der Waals surface area contributed by atoms with Crippen LogP contribution in [-0.4, -0.2) is 45.6 Å². The van der Waals surface area contributed by atoms with Crippen LogP contribution >= 0.6 is 0 Å². The summed E-state index contributed by atoms with van der Waals surface area (Å²) in [6.45, 7) is 3.85. The molecule has 3 rings (SSSR count). The molecular formula is C19H27N5O2S. The van der Waals surface area contributed by atoms with Gasteiger partial charge in [-0.3, -0.25) is 4.72 Å². The highest BCUT2D eigenvalue weighted by Gasteiger charge is 2.20. The molecule has 8 heteroatoms. The number of nitrogens with one attached hydrogen (secondary N) is 1. The lowest BCUT2D eigenvalue weighted by Gasteiger charge is -2.28. The molecule has 1 saturated heterocycles. The molecule has 0 amide bonds. The van der Waals surface area contributed by atoms with E-state index in [1.165, 1.54) is 6.42 Å². The molecule has 1 N–H and O–H groups in total. The molecular weight excluding hydrogens is 362 g/mol. The van der Waals surface area contributed by atoms with Crippen LogP contribution in [0, 0.1) is 6.92 Å². The number of aromatic nitrogens is 2. The zero-order chi connectivity index (χ0) is 19.4. The highest BCUT2D eigenvalue weighted by Crippen LogP contribution is 2.26. The Morgan fingerprint density at radius 3 is 2.41 bits per heavy atom. The van der Waals surface area contributed by atoms with Gasteiger partial charge in [-0.25, -0.2) is 13.4 Å². The molecule has 1 aliphatic rings. The molecule has 27 heavy (non-hydrogen) atoms. The van der Waals surface area contributed by atoms with Crippen LogP contribution in [0.3, 0.4) is 0 Å². The van der Waals surface area contributed by atoms with Crippen LogP contribution in [0.25, 0.3) is 0 Å². The summed E-state index contributed by atoms with van der Waals surface area (Å²) in [5, 5.41) is 0. The van der Waals surface area contributed by atoms with Crippen LogP contribution in [0.1, 0.15) is 30.4 Å². The second-order valence-electron chi connectivity index (χ2n) is 7.20. The zero-order valence-corrected chi connectivity index (χ0v) is 17.0. The Balaban J connectivity index is 1.81. The summed E-state index contributed by atoms with van der Waals surface area (Å²) in [4.78, 5) is 13.0. The number of hydrogen-bond acceptors (Lipinski definition) is 6. The molecule has 0 bridgehead atoms. The van der Waals surface area contributed by atoms with Gasteiger partial charge in [0.05, 0.1) is 11.9 Å². The van der Waals surface area contributed by atoms with Crippen molar-refractivity contribution >= 4 is 27.5 Å². The fourth-order valence-corrected chi connectivity index (χ4v) is 4.31. The number of piperidine rings is 1. The van der Waals surface area contributed by atoms with Gasteiger partial charge in [-0.2, -0.15) is 4.98 Å². The van der Waals surface area contributed by atoms with Gasteiger partial charge in [-0.05, 0) is 31.7 Å². The van der Waals surface area contributed by atoms with Gasteiger partial charge in [-0.1, -0.05) is 29.8 Å². The Labute approximate surface area is 161 Å². The van der Waals surface area contributed by atoms with Gasteiger partial charge >= 0.3 is 0 Å². The van der Waals surface area contributed by atoms with Crippen molar-refractivity contribution in [3.8, 4) is 0 Å². The van der Waals surface area contributed by atoms with Gasteiger partial charge in [0.15, 0.2) is 5.82 Å². The lowest BCUT2D eigenvalue weighted by Crippen LogP contribution is -2.31. The monoisotopic (exact) mass is 389 g/mol. The number of sulfonamides is 1. The summed E-state index contributed by atoms with van der Waals surface area (Å²) < 4.78 is 27.9. The molecule has 0 saturated carbocycles. The number of anilines is 3. The average Bonchev–Trinajstić information content (AvgIpc) is 2.64. The molecule has 0 spiro atoms. The standard InChI is InChI=1S/C19H27N5O2S/c1-15-7-9-16(10-8-15)14-27(25,26)22-17-13-20-19(21-18(17)23(2)3)24-11-5-4-6-12-24/h7-10,13,22H,4-6,11-12,14H2,1-3H3. The van der Waals surface area contributed by atoms with Crippen molar-refractivity contribution in [3.63, 3.8) is 0 Å². The fraction of sp³-hybridized carbons (Fsp3) is 0.474. The third-order valence-corrected chi connectivity index (χ3v) is 5.81. The van der Waals surface area contributed by atoms with E-state index in [2.05, 4.69) is 19.6 Å². The van der Waals surface area contributed by atoms with E-state index in [9.17, 15) is 8.42 Å². The quantitative estimate of drug-likeness (QED) is 0.818. The van der Waals surface area contributed by atoms with Crippen molar-refractivity contribution in [1.82, 2.24) is 9.97 Å². The van der Waals surface area contributed by atoms with Gasteiger partial charge in [0.25, 0.3) is 0 Å². The summed E-state index contributed by atoms with van der Waals surface area (Å²) in [6.07, 6.45) is 5.06. The minimum Gasteiger partial charge on any atom is -0.361 e. The molecule has 2 heterocycles. The predicted molar refractivity (Wildman–Crippen MR) is 110 cm³/mol. The molecule has 1 aromatic carbocycles. The second-order valence-corrected chi connectivity index (χ2v) is 8.92. The van der Waals surface area contributed by atoms with Crippen molar-refractivity contribution in [2.24, 2.45) is 0 Å². The smallest absolute Gasteiger partial charge is 0.237 e. The first kappa shape index (κ1) is 19.4. The van der Waals surface area contributed by atoms with Crippen molar-refractivity contribution in [1.29, 1.82) is 0 Å². The number of nitrogens with zero attached hydrogens (tertiary/aromatic N) is 4. The summed E-state index contributed by atoms with van der Waals surface area (Å²) in [5.74, 6) is 1.13. The number of hydrogen-bond donors (Lipinski definition) is 1. The highest BCUT2D eigenvalue weighted by molar-refractivity contribution is 7.91. The second kappa shape index (κ2) is 8.12. The maximum absolute atomic E-state index is 12.6. The van der Waals surface area contributed by atoms with E-state index in [-0.39, 0.29) is 5.75 Å². The van der Waals surface area contributed by atoms with Crippen molar-refractivity contribution in [2.45, 2.75) is 31.9 Å². The van der Waals surface area contributed by atoms with Gasteiger partial charge < -0.3 is 9.80 Å². The Bertz CT molecular complexity index is 875. The zero-order valence-electron chi connectivity index (χ0n) is 16.1. The third kappa shape index (κ3) is 5.09. The van der Waals surface area contributed by atoms with Gasteiger partial charge in [0, 0.05) is 27.2 Å². The molecule has 1 aliphatic heterocycles. The van der Waals surface area contributed by atoms with E-state index >= 15 is 0 Å². The largest absolute Gasteiger partial charge is 0.361 e. The molecule has 1 aromatic heterocycles. The first-order chi connectivity index (χ1) is 12.8. The maximum atomic E-state index is 12.6. The lowest BCUT2D eigenvalue weighted by atomic mass is 10.1. The predicted octanol–water partition coefficient (Wildman–Crippen LogP) is 2.78. The Kier molecular flexibility index (Phi) is 5.84. The third-order valence-electron chi connectivity index (χ3n) is 4.56. The number of benzene rings is 1. The lowest BCUT2D eigenvalue weighted by molar-refractivity contribution is 0.568. The van der Waals surface area contributed by atoms with Crippen LogP contribution < -0.4 is 14.5 Å². The molecule has 0 radical (unpaired) electrons. The van der Waals surface area contributed by atoms with Crippen LogP contribution in [0.4, 0.5) is 17.5 Å². The SMILES string of the molecule is Cc1ccc(CS(=O)(=O)Nc2cnc(N3CCCCC3)nc2N(C)C)cc1. The minimum atomic E-state index is -3.56. The van der Waals surface area contributed by atoms with E-state index in [1.807, 2.05) is 45.3 Å². The van der Waals surface area contributed by atoms with Gasteiger partial charge in [-0.15, -0.1) is 0 Å². The summed E-state index contributed by atoms with van der Waals surface area (Å²) in [5.41, 5.74) is 2.24. The normalized spacial score (nSPS) is 14.9. The van der Waals surface area contributed by atoms with E-state index in [1.54, 1.807) is 11.1 Å². The molecule has 0 atom stereocenters. The van der Waals surface area contributed by atoms with Crippen molar-refractivity contribution in [3.05, 3.63) is 41.6 Å². The average molecular weight is 390 g/mol. The highest BCUT2D eigenvalue weighted by atomic mass is 32.2. The fourth-order valence-electron chi connectivity index (χ4n) is 3.13. The maximum Gasteiger partial charge on any atom is 0.237 e. The number of rotatable bonds is 6. The molecule has 1 fully saturated rings.